The zero-order chi connectivity index (χ0) is 14.0. The van der Waals surface area contributed by atoms with Crippen LogP contribution in [0.25, 0.3) is 0 Å². The third kappa shape index (κ3) is 3.30. The van der Waals surface area contributed by atoms with Gasteiger partial charge in [-0.1, -0.05) is 13.8 Å². The lowest BCUT2D eigenvalue weighted by Gasteiger charge is -2.53. The smallest absolute Gasteiger partial charge is 0.407 e. The normalized spacial score (nSPS) is 33.1. The molecule has 0 aromatic rings. The molecule has 2 rings (SSSR count). The van der Waals surface area contributed by atoms with Crippen molar-refractivity contribution < 1.29 is 14.1 Å². The minimum Gasteiger partial charge on any atom is -0.407 e. The molecule has 0 radical (unpaired) electrons. The monoisotopic (exact) mass is 268 g/mol. The number of amides is 1. The fourth-order valence-electron chi connectivity index (χ4n) is 3.19. The molecule has 1 heterocycles. The van der Waals surface area contributed by atoms with Crippen LogP contribution in [0.5, 0.6) is 0 Å². The van der Waals surface area contributed by atoms with Crippen LogP contribution in [-0.4, -0.2) is 45.3 Å². The molecular weight excluding hydrogens is 243 g/mol. The molecule has 0 bridgehead atoms. The Balaban J connectivity index is 1.73. The summed E-state index contributed by atoms with van der Waals surface area (Å²) in [6.07, 6.45) is 2.86. The lowest BCUT2D eigenvalue weighted by Crippen LogP contribution is -2.56. The molecule has 108 valence electrons. The Labute approximate surface area is 115 Å². The Morgan fingerprint density at radius 3 is 2.79 bits per heavy atom. The highest BCUT2D eigenvalue weighted by Crippen LogP contribution is 2.48. The van der Waals surface area contributed by atoms with E-state index in [1.165, 1.54) is 13.3 Å². The van der Waals surface area contributed by atoms with Gasteiger partial charge < -0.3 is 19.9 Å². The summed E-state index contributed by atoms with van der Waals surface area (Å²) in [6.45, 7) is 6.77. The summed E-state index contributed by atoms with van der Waals surface area (Å²) < 4.78 is 11.4. The van der Waals surface area contributed by atoms with Crippen LogP contribution in [0, 0.1) is 11.3 Å². The van der Waals surface area contributed by atoms with E-state index >= 15 is 0 Å². The Kier molecular flexibility index (Phi) is 4.53. The van der Waals surface area contributed by atoms with Crippen molar-refractivity contribution >= 4 is 13.0 Å². The minimum absolute atomic E-state index is 0.0485. The van der Waals surface area contributed by atoms with Gasteiger partial charge in [-0.15, -0.1) is 0 Å². The van der Waals surface area contributed by atoms with Crippen LogP contribution >= 0.6 is 0 Å². The zero-order valence-electron chi connectivity index (χ0n) is 12.4. The third-order valence-corrected chi connectivity index (χ3v) is 4.70. The number of hydrogen-bond acceptors (Lipinski definition) is 4. The molecule has 2 N–H and O–H groups in total. The van der Waals surface area contributed by atoms with E-state index in [0.29, 0.717) is 30.4 Å². The predicted octanol–water partition coefficient (Wildman–Crippen LogP) is 0.590. The van der Waals surface area contributed by atoms with Crippen LogP contribution < -0.4 is 10.6 Å². The van der Waals surface area contributed by atoms with Crippen molar-refractivity contribution in [3.63, 3.8) is 0 Å². The summed E-state index contributed by atoms with van der Waals surface area (Å²) in [7, 11) is 1.75. The summed E-state index contributed by atoms with van der Waals surface area (Å²) in [5, 5.41) is 6.09. The van der Waals surface area contributed by atoms with Crippen LogP contribution in [0.3, 0.4) is 0 Å². The van der Waals surface area contributed by atoms with Gasteiger partial charge in [-0.25, -0.2) is 0 Å². The van der Waals surface area contributed by atoms with E-state index in [-0.39, 0.29) is 19.1 Å². The van der Waals surface area contributed by atoms with Crippen molar-refractivity contribution in [2.24, 2.45) is 11.3 Å². The van der Waals surface area contributed by atoms with Crippen molar-refractivity contribution in [3.8, 4) is 0 Å². The van der Waals surface area contributed by atoms with Crippen molar-refractivity contribution in [2.45, 2.75) is 45.8 Å². The lowest BCUT2D eigenvalue weighted by atomic mass is 9.57. The van der Waals surface area contributed by atoms with Gasteiger partial charge in [0.25, 0.3) is 0 Å². The van der Waals surface area contributed by atoms with Gasteiger partial charge >= 0.3 is 7.12 Å². The van der Waals surface area contributed by atoms with Crippen LogP contribution in [0.2, 0.25) is 0 Å². The second kappa shape index (κ2) is 5.81. The van der Waals surface area contributed by atoms with Crippen LogP contribution in [0.1, 0.15) is 33.6 Å². The van der Waals surface area contributed by atoms with Crippen molar-refractivity contribution in [2.75, 3.05) is 20.1 Å². The number of nitrogens with one attached hydrogen (secondary N) is 2. The molecule has 1 aliphatic heterocycles. The molecule has 19 heavy (non-hydrogen) atoms. The fourth-order valence-corrected chi connectivity index (χ4v) is 3.19. The van der Waals surface area contributed by atoms with Crippen LogP contribution in [0.15, 0.2) is 0 Å². The predicted molar refractivity (Wildman–Crippen MR) is 74.6 cm³/mol. The van der Waals surface area contributed by atoms with Crippen molar-refractivity contribution in [3.05, 3.63) is 0 Å². The molecule has 1 saturated heterocycles. The first-order valence-corrected chi connectivity index (χ1v) is 7.12. The van der Waals surface area contributed by atoms with Gasteiger partial charge in [0.2, 0.25) is 5.91 Å². The highest BCUT2D eigenvalue weighted by Gasteiger charge is 2.48. The van der Waals surface area contributed by atoms with Gasteiger partial charge in [0.05, 0.1) is 19.2 Å². The second-order valence-corrected chi connectivity index (χ2v) is 6.29. The molecular formula is C13H25BN2O3. The number of hydrogen-bond donors (Lipinski definition) is 2. The molecule has 5 nitrogen and oxygen atoms in total. The molecule has 1 aliphatic carbocycles. The maximum Gasteiger partial charge on any atom is 0.477 e. The standard InChI is InChI=1S/C13H25BN2O3/c1-9(17)16-8-14-18-7-11(19-14)5-10-6-12(15-4)13(10,2)3/h10-12,15H,5-8H2,1-4H3,(H,16,17)/t10-,11-,12+/m1/s1. The molecule has 0 aromatic heterocycles. The van der Waals surface area contributed by atoms with Gasteiger partial charge in [0.1, 0.15) is 0 Å². The van der Waals surface area contributed by atoms with Crippen molar-refractivity contribution in [1.82, 2.24) is 10.6 Å². The highest BCUT2D eigenvalue weighted by molar-refractivity contribution is 6.45. The maximum atomic E-state index is 10.8. The summed E-state index contributed by atoms with van der Waals surface area (Å²) >= 11 is 0. The molecule has 0 aromatic carbocycles. The van der Waals surface area contributed by atoms with E-state index in [0.717, 1.165) is 6.42 Å². The summed E-state index contributed by atoms with van der Waals surface area (Å²) in [5.74, 6) is 0.630. The van der Waals surface area contributed by atoms with E-state index in [2.05, 4.69) is 24.5 Å². The average molecular weight is 268 g/mol. The average Bonchev–Trinajstić information content (AvgIpc) is 2.79. The lowest BCUT2D eigenvalue weighted by molar-refractivity contribution is -0.118. The molecule has 2 fully saturated rings. The minimum atomic E-state index is -0.280. The first-order chi connectivity index (χ1) is 8.93. The molecule has 0 spiro atoms. The number of carbonyl (C=O) groups is 1. The first kappa shape index (κ1) is 14.8. The molecule has 3 atom stereocenters. The maximum absolute atomic E-state index is 10.8. The van der Waals surface area contributed by atoms with E-state index in [9.17, 15) is 4.79 Å². The quantitative estimate of drug-likeness (QED) is 0.716. The molecule has 2 aliphatic rings. The van der Waals surface area contributed by atoms with Crippen LogP contribution in [0.4, 0.5) is 0 Å². The highest BCUT2D eigenvalue weighted by atomic mass is 16.6. The fraction of sp³-hybridized carbons (Fsp3) is 0.923. The van der Waals surface area contributed by atoms with Crippen molar-refractivity contribution in [1.29, 1.82) is 0 Å². The molecule has 0 unspecified atom stereocenters. The molecule has 1 amide bonds. The number of rotatable bonds is 5. The zero-order valence-corrected chi connectivity index (χ0v) is 12.4. The first-order valence-electron chi connectivity index (χ1n) is 7.12. The topological polar surface area (TPSA) is 59.6 Å². The number of carbonyl (C=O) groups excluding carboxylic acids is 1. The SMILES string of the molecule is CN[C@H]1C[C@@H](C[C@@H]2COB(CNC(C)=O)O2)C1(C)C. The summed E-state index contributed by atoms with van der Waals surface area (Å²) in [6, 6.07) is 0.606. The van der Waals surface area contributed by atoms with E-state index in [1.807, 2.05) is 7.05 Å². The third-order valence-electron chi connectivity index (χ3n) is 4.70. The summed E-state index contributed by atoms with van der Waals surface area (Å²) in [5.41, 5.74) is 0.327. The van der Waals surface area contributed by atoms with Gasteiger partial charge in [-0.05, 0) is 31.2 Å². The van der Waals surface area contributed by atoms with Gasteiger partial charge in [-0.3, -0.25) is 4.79 Å². The van der Waals surface area contributed by atoms with E-state index < -0.39 is 0 Å². The second-order valence-electron chi connectivity index (χ2n) is 6.29. The van der Waals surface area contributed by atoms with Gasteiger partial charge in [0, 0.05) is 13.0 Å². The molecule has 1 saturated carbocycles. The Morgan fingerprint density at radius 1 is 1.47 bits per heavy atom. The van der Waals surface area contributed by atoms with Gasteiger partial charge in [-0.2, -0.15) is 0 Å². The largest absolute Gasteiger partial charge is 0.477 e. The Hall–Kier alpha value is -0.585. The Bertz CT molecular complexity index is 338. The van der Waals surface area contributed by atoms with Gasteiger partial charge in [0.15, 0.2) is 0 Å². The molecule has 6 heteroatoms. The van der Waals surface area contributed by atoms with E-state index in [4.69, 9.17) is 9.31 Å². The Morgan fingerprint density at radius 2 is 2.21 bits per heavy atom. The van der Waals surface area contributed by atoms with E-state index in [1.54, 1.807) is 0 Å². The summed E-state index contributed by atoms with van der Waals surface area (Å²) in [4.78, 5) is 10.8. The van der Waals surface area contributed by atoms with Crippen LogP contribution in [-0.2, 0) is 14.1 Å².